The summed E-state index contributed by atoms with van der Waals surface area (Å²) in [7, 11) is 1.49. The Morgan fingerprint density at radius 2 is 2.26 bits per heavy atom. The highest BCUT2D eigenvalue weighted by atomic mass is 16.5. The molecule has 1 saturated heterocycles. The van der Waals surface area contributed by atoms with Crippen LogP contribution < -0.4 is 10.1 Å². The summed E-state index contributed by atoms with van der Waals surface area (Å²) < 4.78 is 5.26. The van der Waals surface area contributed by atoms with Crippen LogP contribution in [0.2, 0.25) is 0 Å². The number of carbonyl (C=O) groups excluding carboxylic acids is 2. The van der Waals surface area contributed by atoms with Gasteiger partial charge >= 0.3 is 0 Å². The molecular weight excluding hydrogens is 248 g/mol. The van der Waals surface area contributed by atoms with Gasteiger partial charge in [-0.25, -0.2) is 9.97 Å². The summed E-state index contributed by atoms with van der Waals surface area (Å²) in [6.45, 7) is 2.37. The summed E-state index contributed by atoms with van der Waals surface area (Å²) in [6, 6.07) is 1.19. The van der Waals surface area contributed by atoms with Crippen molar-refractivity contribution in [3.8, 4) is 5.88 Å². The van der Waals surface area contributed by atoms with Gasteiger partial charge in [0, 0.05) is 19.5 Å². The molecule has 7 nitrogen and oxygen atoms in total. The molecule has 0 aromatic carbocycles. The van der Waals surface area contributed by atoms with Crippen molar-refractivity contribution in [1.82, 2.24) is 14.9 Å². The summed E-state index contributed by atoms with van der Waals surface area (Å²) in [5.41, 5.74) is 0. The minimum absolute atomic E-state index is 0.152. The van der Waals surface area contributed by atoms with Gasteiger partial charge in [0.25, 0.3) is 5.91 Å². The largest absolute Gasteiger partial charge is 0.478 e. The number of carbonyl (C=O) groups is 2. The van der Waals surface area contributed by atoms with Crippen LogP contribution in [0.5, 0.6) is 5.88 Å². The third-order valence-electron chi connectivity index (χ3n) is 2.91. The molecule has 1 atom stereocenters. The molecule has 7 heteroatoms. The Balaban J connectivity index is 2.06. The van der Waals surface area contributed by atoms with Crippen molar-refractivity contribution in [2.45, 2.75) is 25.8 Å². The highest BCUT2D eigenvalue weighted by Gasteiger charge is 2.31. The normalized spacial score (nSPS) is 19.5. The maximum atomic E-state index is 11.9. The number of aromatic nitrogens is 2. The van der Waals surface area contributed by atoms with Crippen molar-refractivity contribution < 1.29 is 14.3 Å². The zero-order valence-electron chi connectivity index (χ0n) is 10.9. The van der Waals surface area contributed by atoms with Gasteiger partial charge in [-0.3, -0.25) is 14.5 Å². The van der Waals surface area contributed by atoms with Crippen LogP contribution in [0, 0.1) is 0 Å². The topological polar surface area (TPSA) is 84.4 Å². The molecule has 1 unspecified atom stereocenters. The molecule has 1 aromatic heterocycles. The van der Waals surface area contributed by atoms with Gasteiger partial charge in [0.15, 0.2) is 0 Å². The Bertz CT molecular complexity index is 492. The van der Waals surface area contributed by atoms with E-state index in [9.17, 15) is 9.59 Å². The Morgan fingerprint density at radius 1 is 1.47 bits per heavy atom. The van der Waals surface area contributed by atoms with Crippen LogP contribution in [0.1, 0.15) is 19.8 Å². The molecule has 2 amide bonds. The first kappa shape index (κ1) is 13.3. The van der Waals surface area contributed by atoms with E-state index in [2.05, 4.69) is 15.3 Å². The summed E-state index contributed by atoms with van der Waals surface area (Å²) in [6.07, 6.45) is 2.19. The maximum absolute atomic E-state index is 11.9. The van der Waals surface area contributed by atoms with Crippen molar-refractivity contribution in [2.75, 3.05) is 19.0 Å². The van der Waals surface area contributed by atoms with Crippen molar-refractivity contribution in [3.05, 3.63) is 12.4 Å². The van der Waals surface area contributed by atoms with Crippen LogP contribution in [0.15, 0.2) is 12.4 Å². The van der Waals surface area contributed by atoms with Gasteiger partial charge in [0.1, 0.15) is 18.2 Å². The Kier molecular flexibility index (Phi) is 3.94. The number of hydrogen-bond acceptors (Lipinski definition) is 6. The van der Waals surface area contributed by atoms with E-state index < -0.39 is 6.04 Å². The van der Waals surface area contributed by atoms with Crippen molar-refractivity contribution in [2.24, 2.45) is 0 Å². The molecule has 0 bridgehead atoms. The fourth-order valence-electron chi connectivity index (χ4n) is 1.87. The molecule has 102 valence electrons. The molecule has 2 rings (SSSR count). The number of imide groups is 1. The van der Waals surface area contributed by atoms with E-state index in [4.69, 9.17) is 4.74 Å². The number of nitrogens with zero attached hydrogens (tertiary/aromatic N) is 3. The second-order valence-electron chi connectivity index (χ2n) is 4.20. The lowest BCUT2D eigenvalue weighted by atomic mass is 10.0. The van der Waals surface area contributed by atoms with E-state index in [1.54, 1.807) is 6.07 Å². The second-order valence-corrected chi connectivity index (χ2v) is 4.20. The molecule has 0 radical (unpaired) electrons. The molecule has 0 aliphatic carbocycles. The molecular formula is C12H16N4O3. The predicted octanol–water partition coefficient (Wildman–Crippen LogP) is 0.435. The number of likely N-dealkylation sites (N-methyl/N-ethyl adjacent to an activating group) is 1. The molecule has 1 aromatic rings. The Hall–Kier alpha value is -2.18. The number of amides is 2. The number of ether oxygens (including phenoxy) is 1. The number of hydrogen-bond donors (Lipinski definition) is 1. The van der Waals surface area contributed by atoms with Crippen molar-refractivity contribution in [3.63, 3.8) is 0 Å². The first-order valence-corrected chi connectivity index (χ1v) is 6.13. The second kappa shape index (κ2) is 5.64. The average molecular weight is 264 g/mol. The number of nitrogens with one attached hydrogen (secondary N) is 1. The molecule has 0 saturated carbocycles. The average Bonchev–Trinajstić information content (AvgIpc) is 2.40. The standard InChI is InChI=1S/C12H16N4O3/c1-3-19-10-6-9(13-7-14-10)15-8-4-5-11(17)16(2)12(8)18/h6-8H,3-5H2,1-2H3,(H,13,14,15). The zero-order chi connectivity index (χ0) is 13.8. The highest BCUT2D eigenvalue weighted by molar-refractivity contribution is 6.01. The lowest BCUT2D eigenvalue weighted by Gasteiger charge is -2.28. The smallest absolute Gasteiger partial charge is 0.251 e. The fourth-order valence-corrected chi connectivity index (χ4v) is 1.87. The Morgan fingerprint density at radius 3 is 3.00 bits per heavy atom. The van der Waals surface area contributed by atoms with Crippen LogP contribution in [-0.2, 0) is 9.59 Å². The van der Waals surface area contributed by atoms with Crippen LogP contribution in [-0.4, -0.2) is 46.4 Å². The van der Waals surface area contributed by atoms with E-state index in [1.165, 1.54) is 13.4 Å². The SMILES string of the molecule is CCOc1cc(NC2CCC(=O)N(C)C2=O)ncn1. The summed E-state index contributed by atoms with van der Waals surface area (Å²) in [5, 5.41) is 3.01. The monoisotopic (exact) mass is 264 g/mol. The van der Waals surface area contributed by atoms with Gasteiger partial charge in [-0.2, -0.15) is 0 Å². The predicted molar refractivity (Wildman–Crippen MR) is 67.6 cm³/mol. The number of likely N-dealkylation sites (tertiary alicyclic amines) is 1. The molecule has 0 spiro atoms. The molecule has 1 N–H and O–H groups in total. The van der Waals surface area contributed by atoms with Gasteiger partial charge in [-0.05, 0) is 13.3 Å². The lowest BCUT2D eigenvalue weighted by Crippen LogP contribution is -2.48. The minimum atomic E-state index is -0.438. The zero-order valence-corrected chi connectivity index (χ0v) is 10.9. The van der Waals surface area contributed by atoms with E-state index in [-0.39, 0.29) is 11.8 Å². The Labute approximate surface area is 111 Å². The molecule has 19 heavy (non-hydrogen) atoms. The van der Waals surface area contributed by atoms with Crippen LogP contribution >= 0.6 is 0 Å². The van der Waals surface area contributed by atoms with E-state index in [0.29, 0.717) is 31.1 Å². The highest BCUT2D eigenvalue weighted by Crippen LogP contribution is 2.17. The first-order chi connectivity index (χ1) is 9.11. The van der Waals surface area contributed by atoms with Gasteiger partial charge in [0.2, 0.25) is 11.8 Å². The van der Waals surface area contributed by atoms with Crippen LogP contribution in [0.25, 0.3) is 0 Å². The van der Waals surface area contributed by atoms with Crippen molar-refractivity contribution in [1.29, 1.82) is 0 Å². The summed E-state index contributed by atoms with van der Waals surface area (Å²) in [4.78, 5) is 32.4. The minimum Gasteiger partial charge on any atom is -0.478 e. The number of anilines is 1. The van der Waals surface area contributed by atoms with Gasteiger partial charge in [-0.1, -0.05) is 0 Å². The van der Waals surface area contributed by atoms with Gasteiger partial charge < -0.3 is 10.1 Å². The van der Waals surface area contributed by atoms with Gasteiger partial charge in [0.05, 0.1) is 6.61 Å². The van der Waals surface area contributed by atoms with E-state index in [0.717, 1.165) is 4.90 Å². The van der Waals surface area contributed by atoms with Crippen LogP contribution in [0.3, 0.4) is 0 Å². The van der Waals surface area contributed by atoms with E-state index >= 15 is 0 Å². The summed E-state index contributed by atoms with van der Waals surface area (Å²) >= 11 is 0. The quantitative estimate of drug-likeness (QED) is 0.794. The molecule has 1 aliphatic rings. The first-order valence-electron chi connectivity index (χ1n) is 6.13. The van der Waals surface area contributed by atoms with Crippen molar-refractivity contribution >= 4 is 17.6 Å². The number of rotatable bonds is 4. The maximum Gasteiger partial charge on any atom is 0.251 e. The van der Waals surface area contributed by atoms with E-state index in [1.807, 2.05) is 6.92 Å². The molecule has 2 heterocycles. The summed E-state index contributed by atoms with van der Waals surface area (Å²) in [5.74, 6) is 0.570. The molecule has 1 fully saturated rings. The lowest BCUT2D eigenvalue weighted by molar-refractivity contribution is -0.146. The third kappa shape index (κ3) is 2.98. The number of piperidine rings is 1. The third-order valence-corrected chi connectivity index (χ3v) is 2.91. The van der Waals surface area contributed by atoms with Gasteiger partial charge in [-0.15, -0.1) is 0 Å². The fraction of sp³-hybridized carbons (Fsp3) is 0.500. The van der Waals surface area contributed by atoms with Crippen LogP contribution in [0.4, 0.5) is 5.82 Å². The molecule has 1 aliphatic heterocycles.